The number of aromatic nitrogens is 3. The molecule has 0 aliphatic carbocycles. The van der Waals surface area contributed by atoms with Gasteiger partial charge in [0.25, 0.3) is 0 Å². The van der Waals surface area contributed by atoms with Crippen molar-refractivity contribution in [3.8, 4) is 45.3 Å². The van der Waals surface area contributed by atoms with Crippen molar-refractivity contribution < 1.29 is 23.9 Å². The Labute approximate surface area is 312 Å². The molecule has 0 saturated heterocycles. The third kappa shape index (κ3) is 4.39. The Morgan fingerprint density at radius 1 is 0.404 bits per heavy atom. The summed E-state index contributed by atoms with van der Waals surface area (Å²) in [5, 5.41) is 5.03. The molecule has 52 heavy (non-hydrogen) atoms. The maximum Gasteiger partial charge on any atom is 0.165 e. The van der Waals surface area contributed by atoms with E-state index in [1.807, 2.05) is 66.7 Å². The highest BCUT2D eigenvalue weighted by atomic mass is 16.3. The quantitative estimate of drug-likeness (QED) is 0.174. The molecule has 0 radical (unpaired) electrons. The van der Waals surface area contributed by atoms with E-state index in [4.69, 9.17) is 34.8 Å². The average molecular weight is 677 g/mol. The summed E-state index contributed by atoms with van der Waals surface area (Å²) in [6, 6.07) is 24.2. The summed E-state index contributed by atoms with van der Waals surface area (Å²) in [4.78, 5) is 14.7. The molecule has 242 valence electrons. The summed E-state index contributed by atoms with van der Waals surface area (Å²) in [5.74, 6) is -0.458. The van der Waals surface area contributed by atoms with Crippen LogP contribution in [-0.4, -0.2) is 15.0 Å². The van der Waals surface area contributed by atoms with Gasteiger partial charge in [0.05, 0.1) is 15.1 Å². The van der Waals surface area contributed by atoms with Gasteiger partial charge < -0.3 is 8.83 Å². The van der Waals surface area contributed by atoms with Gasteiger partial charge in [-0.1, -0.05) is 127 Å². The summed E-state index contributed by atoms with van der Waals surface area (Å²) in [6.45, 7) is 0. The van der Waals surface area contributed by atoms with E-state index in [-0.39, 0.29) is 62.1 Å². The first-order valence-electron chi connectivity index (χ1n) is 22.0. The van der Waals surface area contributed by atoms with Crippen LogP contribution in [0, 0.1) is 0 Å². The Kier molecular flexibility index (Phi) is 4.29. The standard InChI is InChI=1S/C47H27N3O2/c1-2-12-29(13-3-1)45-48-46(31-23-24-33-30(27-31)22-21-28-11-4-5-14-32(28)33)50-47(49-45)44-35(25-26-41-43(44)37-16-7-9-19-39(37)52-41)34-17-10-20-40-42(34)36-15-6-8-18-38(36)51-40/h1-27H/i1D,2D,3D,7D,9D,12D,13D,16D,19D,25D,26D. The monoisotopic (exact) mass is 676 g/mol. The number of hydrogen-bond donors (Lipinski definition) is 0. The van der Waals surface area contributed by atoms with Crippen molar-refractivity contribution in [2.75, 3.05) is 0 Å². The Bertz CT molecular complexity index is 3820. The van der Waals surface area contributed by atoms with E-state index in [0.717, 1.165) is 21.5 Å². The van der Waals surface area contributed by atoms with Gasteiger partial charge >= 0.3 is 0 Å². The van der Waals surface area contributed by atoms with Crippen LogP contribution in [0.4, 0.5) is 0 Å². The third-order valence-corrected chi connectivity index (χ3v) is 9.39. The number of para-hydroxylation sites is 2. The molecule has 0 N–H and O–H groups in total. The zero-order valence-corrected chi connectivity index (χ0v) is 26.9. The number of rotatable bonds is 4. The highest BCUT2D eigenvalue weighted by Gasteiger charge is 2.24. The van der Waals surface area contributed by atoms with E-state index in [1.165, 1.54) is 0 Å². The van der Waals surface area contributed by atoms with Gasteiger partial charge in [-0.05, 0) is 69.0 Å². The lowest BCUT2D eigenvalue weighted by molar-refractivity contribution is 0.669. The van der Waals surface area contributed by atoms with Crippen LogP contribution in [0.25, 0.3) is 111 Å². The van der Waals surface area contributed by atoms with Gasteiger partial charge in [-0.2, -0.15) is 0 Å². The van der Waals surface area contributed by atoms with Crippen LogP contribution in [0.3, 0.4) is 0 Å². The molecule has 0 bridgehead atoms. The third-order valence-electron chi connectivity index (χ3n) is 9.39. The molecule has 0 atom stereocenters. The molecule has 0 saturated carbocycles. The lowest BCUT2D eigenvalue weighted by Crippen LogP contribution is -2.01. The number of furan rings is 2. The van der Waals surface area contributed by atoms with Crippen LogP contribution in [0.5, 0.6) is 0 Å². The van der Waals surface area contributed by atoms with Crippen molar-refractivity contribution in [1.82, 2.24) is 15.0 Å². The van der Waals surface area contributed by atoms with Crippen LogP contribution < -0.4 is 0 Å². The first-order chi connectivity index (χ1) is 30.3. The highest BCUT2D eigenvalue weighted by molar-refractivity contribution is 6.19. The molecule has 5 nitrogen and oxygen atoms in total. The van der Waals surface area contributed by atoms with Crippen molar-refractivity contribution in [3.05, 3.63) is 164 Å². The molecule has 11 rings (SSSR count). The van der Waals surface area contributed by atoms with Crippen molar-refractivity contribution in [3.63, 3.8) is 0 Å². The molecule has 0 aliphatic rings. The number of benzene rings is 8. The molecule has 0 aliphatic heterocycles. The maximum absolute atomic E-state index is 9.70. The predicted octanol–water partition coefficient (Wildman–Crippen LogP) is 12.6. The zero-order valence-electron chi connectivity index (χ0n) is 37.9. The fourth-order valence-electron chi connectivity index (χ4n) is 7.10. The second kappa shape index (κ2) is 11.2. The minimum Gasteiger partial charge on any atom is -0.456 e. The zero-order chi connectivity index (χ0) is 43.7. The van der Waals surface area contributed by atoms with Gasteiger partial charge in [-0.25, -0.2) is 15.0 Å². The Hall–Kier alpha value is -7.11. The molecule has 0 amide bonds. The number of fused-ring (bicyclic) bond motifs is 9. The Morgan fingerprint density at radius 3 is 2.04 bits per heavy atom. The minimum absolute atomic E-state index is 0.00643. The van der Waals surface area contributed by atoms with Crippen LogP contribution in [0.1, 0.15) is 15.1 Å². The Morgan fingerprint density at radius 2 is 1.12 bits per heavy atom. The highest BCUT2D eigenvalue weighted by Crippen LogP contribution is 2.45. The Balaban J connectivity index is 1.34. The molecule has 0 spiro atoms. The van der Waals surface area contributed by atoms with E-state index in [9.17, 15) is 4.11 Å². The normalized spacial score (nSPS) is 14.8. The van der Waals surface area contributed by atoms with E-state index in [1.54, 1.807) is 30.3 Å². The average Bonchev–Trinajstić information content (AvgIpc) is 3.90. The molecule has 8 aromatic carbocycles. The topological polar surface area (TPSA) is 65.0 Å². The van der Waals surface area contributed by atoms with E-state index in [0.29, 0.717) is 33.1 Å². The summed E-state index contributed by atoms with van der Waals surface area (Å²) in [5.41, 5.74) is 1.21. The second-order valence-corrected chi connectivity index (χ2v) is 12.3. The molecule has 0 unspecified atom stereocenters. The van der Waals surface area contributed by atoms with Gasteiger partial charge in [-0.3, -0.25) is 0 Å². The lowest BCUT2D eigenvalue weighted by Gasteiger charge is -2.14. The van der Waals surface area contributed by atoms with Crippen LogP contribution in [-0.2, 0) is 0 Å². The predicted molar refractivity (Wildman–Crippen MR) is 211 cm³/mol. The largest absolute Gasteiger partial charge is 0.456 e. The van der Waals surface area contributed by atoms with Crippen molar-refractivity contribution >= 4 is 65.4 Å². The van der Waals surface area contributed by atoms with Gasteiger partial charge in [0.1, 0.15) is 22.3 Å². The maximum atomic E-state index is 9.70. The smallest absolute Gasteiger partial charge is 0.165 e. The number of nitrogens with zero attached hydrogens (tertiary/aromatic N) is 3. The van der Waals surface area contributed by atoms with Gasteiger partial charge in [0, 0.05) is 38.2 Å². The van der Waals surface area contributed by atoms with E-state index < -0.39 is 60.4 Å². The molecule has 0 fully saturated rings. The summed E-state index contributed by atoms with van der Waals surface area (Å²) in [7, 11) is 0. The fraction of sp³-hybridized carbons (Fsp3) is 0. The summed E-state index contributed by atoms with van der Waals surface area (Å²) < 4.78 is 110. The van der Waals surface area contributed by atoms with Crippen LogP contribution >= 0.6 is 0 Å². The molecule has 11 aromatic rings. The summed E-state index contributed by atoms with van der Waals surface area (Å²) in [6.07, 6.45) is 0. The van der Waals surface area contributed by atoms with Gasteiger partial charge in [-0.15, -0.1) is 0 Å². The SMILES string of the molecule is [2H]c1c([2H])c([2H])c(-c2nc(-c3ccc4c(ccc5ccccc54)c3)nc(-c3c(-c4cccc5oc6ccccc6c45)c([2H])c([2H])c4oc5c([2H])c([2H])c([2H])c([2H])c5c34)n2)c([2H])c1[2H]. The molecule has 3 aromatic heterocycles. The summed E-state index contributed by atoms with van der Waals surface area (Å²) >= 11 is 0. The van der Waals surface area contributed by atoms with Crippen LogP contribution in [0.15, 0.2) is 172 Å². The first kappa shape index (κ1) is 19.9. The first-order valence-corrected chi connectivity index (χ1v) is 16.5. The molecule has 3 heterocycles. The minimum atomic E-state index is -0.613. The van der Waals surface area contributed by atoms with Crippen LogP contribution in [0.2, 0.25) is 0 Å². The second-order valence-electron chi connectivity index (χ2n) is 12.3. The number of hydrogen-bond acceptors (Lipinski definition) is 5. The van der Waals surface area contributed by atoms with Crippen molar-refractivity contribution in [2.45, 2.75) is 0 Å². The molecular formula is C47H27N3O2. The fourth-order valence-corrected chi connectivity index (χ4v) is 7.10. The van der Waals surface area contributed by atoms with Crippen molar-refractivity contribution in [1.29, 1.82) is 0 Å². The van der Waals surface area contributed by atoms with Gasteiger partial charge in [0.2, 0.25) is 0 Å². The molecular weight excluding hydrogens is 639 g/mol. The van der Waals surface area contributed by atoms with Gasteiger partial charge in [0.15, 0.2) is 17.5 Å². The molecule has 5 heteroatoms. The van der Waals surface area contributed by atoms with E-state index >= 15 is 0 Å². The van der Waals surface area contributed by atoms with E-state index in [2.05, 4.69) is 0 Å². The van der Waals surface area contributed by atoms with Crippen molar-refractivity contribution in [2.24, 2.45) is 0 Å². The lowest BCUT2D eigenvalue weighted by atomic mass is 9.92.